The largest absolute Gasteiger partial charge is 0.490 e. The van der Waals surface area contributed by atoms with E-state index in [2.05, 4.69) is 74.8 Å². The minimum absolute atomic E-state index is 0.202. The van der Waals surface area contributed by atoms with Gasteiger partial charge in [-0.05, 0) is 36.0 Å². The normalized spacial score (nSPS) is 30.8. The van der Waals surface area contributed by atoms with Crippen LogP contribution in [0.4, 0.5) is 0 Å². The van der Waals surface area contributed by atoms with E-state index in [-0.39, 0.29) is 10.8 Å². The monoisotopic (exact) mass is 324 g/mol. The van der Waals surface area contributed by atoms with Gasteiger partial charge in [0, 0.05) is 10.2 Å². The molecule has 19 heavy (non-hydrogen) atoms. The van der Waals surface area contributed by atoms with Crippen LogP contribution in [-0.4, -0.2) is 10.9 Å². The molecular weight excluding hydrogens is 300 g/mol. The van der Waals surface area contributed by atoms with Crippen molar-refractivity contribution in [2.45, 2.75) is 63.8 Å². The van der Waals surface area contributed by atoms with Gasteiger partial charge >= 0.3 is 0 Å². The van der Waals surface area contributed by atoms with Crippen LogP contribution in [0.25, 0.3) is 0 Å². The summed E-state index contributed by atoms with van der Waals surface area (Å²) >= 11 is 3.75. The molecule has 2 rings (SSSR count). The molecule has 0 saturated heterocycles. The van der Waals surface area contributed by atoms with Gasteiger partial charge in [-0.25, -0.2) is 0 Å². The maximum atomic E-state index is 6.16. The third-order valence-electron chi connectivity index (χ3n) is 4.63. The van der Waals surface area contributed by atoms with Crippen molar-refractivity contribution in [3.63, 3.8) is 0 Å². The fraction of sp³-hybridized carbons (Fsp3) is 0.647. The Bertz CT molecular complexity index is 432. The molecule has 0 bridgehead atoms. The maximum Gasteiger partial charge on any atom is 0.119 e. The standard InChI is InChI=1S/C17H25BrO/c1-6-17(5)14(18)11-15(17)19-13-9-7-12(8-10-13)16(2,3)4/h7-10,14-15H,6,11H2,1-5H3. The Morgan fingerprint density at radius 2 is 1.84 bits per heavy atom. The van der Waals surface area contributed by atoms with E-state index in [1.807, 2.05) is 0 Å². The van der Waals surface area contributed by atoms with Crippen molar-refractivity contribution in [2.24, 2.45) is 5.41 Å². The molecule has 1 aromatic rings. The fourth-order valence-electron chi connectivity index (χ4n) is 2.60. The van der Waals surface area contributed by atoms with Crippen molar-refractivity contribution in [2.75, 3.05) is 0 Å². The summed E-state index contributed by atoms with van der Waals surface area (Å²) in [5.74, 6) is 0.997. The lowest BCUT2D eigenvalue weighted by atomic mass is 9.65. The number of benzene rings is 1. The lowest BCUT2D eigenvalue weighted by Gasteiger charge is -2.50. The Morgan fingerprint density at radius 1 is 1.26 bits per heavy atom. The number of alkyl halides is 1. The van der Waals surface area contributed by atoms with Gasteiger partial charge in [0.15, 0.2) is 0 Å². The van der Waals surface area contributed by atoms with Crippen molar-refractivity contribution >= 4 is 15.9 Å². The summed E-state index contributed by atoms with van der Waals surface area (Å²) in [4.78, 5) is 0.587. The summed E-state index contributed by atoms with van der Waals surface area (Å²) in [5.41, 5.74) is 1.82. The van der Waals surface area contributed by atoms with Crippen LogP contribution in [0.5, 0.6) is 5.75 Å². The first kappa shape index (κ1) is 14.9. The third kappa shape index (κ3) is 2.84. The zero-order valence-corrected chi connectivity index (χ0v) is 14.3. The highest BCUT2D eigenvalue weighted by Gasteiger charge is 2.50. The van der Waals surface area contributed by atoms with Crippen LogP contribution < -0.4 is 4.74 Å². The highest BCUT2D eigenvalue weighted by Crippen LogP contribution is 2.50. The summed E-state index contributed by atoms with van der Waals surface area (Å²) in [6.07, 6.45) is 2.58. The van der Waals surface area contributed by atoms with Crippen molar-refractivity contribution in [1.29, 1.82) is 0 Å². The smallest absolute Gasteiger partial charge is 0.119 e. The first-order valence-electron chi connectivity index (χ1n) is 7.18. The number of hydrogen-bond acceptors (Lipinski definition) is 1. The highest BCUT2D eigenvalue weighted by molar-refractivity contribution is 9.09. The molecular formula is C17H25BrO. The zero-order chi connectivity index (χ0) is 14.3. The Morgan fingerprint density at radius 3 is 2.26 bits per heavy atom. The van der Waals surface area contributed by atoms with Gasteiger partial charge < -0.3 is 4.74 Å². The van der Waals surface area contributed by atoms with Gasteiger partial charge in [-0.3, -0.25) is 0 Å². The second kappa shape index (κ2) is 5.12. The van der Waals surface area contributed by atoms with E-state index in [0.29, 0.717) is 10.9 Å². The van der Waals surface area contributed by atoms with Crippen molar-refractivity contribution in [3.05, 3.63) is 29.8 Å². The van der Waals surface area contributed by atoms with Crippen LogP contribution in [0.15, 0.2) is 24.3 Å². The van der Waals surface area contributed by atoms with Crippen molar-refractivity contribution < 1.29 is 4.74 Å². The molecule has 1 nitrogen and oxygen atoms in total. The van der Waals surface area contributed by atoms with Crippen LogP contribution in [-0.2, 0) is 5.41 Å². The van der Waals surface area contributed by atoms with Gasteiger partial charge in [-0.1, -0.05) is 62.7 Å². The van der Waals surface area contributed by atoms with Gasteiger partial charge in [-0.2, -0.15) is 0 Å². The average molecular weight is 325 g/mol. The number of ether oxygens (including phenoxy) is 1. The van der Waals surface area contributed by atoms with E-state index in [4.69, 9.17) is 4.74 Å². The van der Waals surface area contributed by atoms with Gasteiger partial charge in [-0.15, -0.1) is 0 Å². The number of hydrogen-bond donors (Lipinski definition) is 0. The Hall–Kier alpha value is -0.500. The fourth-order valence-corrected chi connectivity index (χ4v) is 3.56. The molecule has 3 unspecified atom stereocenters. The van der Waals surface area contributed by atoms with Crippen LogP contribution in [0.2, 0.25) is 0 Å². The van der Waals surface area contributed by atoms with E-state index in [1.165, 1.54) is 5.56 Å². The number of rotatable bonds is 3. The molecule has 0 heterocycles. The Labute approximate surface area is 125 Å². The Balaban J connectivity index is 2.05. The van der Waals surface area contributed by atoms with E-state index in [9.17, 15) is 0 Å². The minimum Gasteiger partial charge on any atom is -0.490 e. The molecule has 2 heteroatoms. The molecule has 3 atom stereocenters. The number of halogens is 1. The predicted octanol–water partition coefficient (Wildman–Crippen LogP) is 5.32. The summed E-state index contributed by atoms with van der Waals surface area (Å²) in [6.45, 7) is 11.3. The molecule has 1 aromatic carbocycles. The summed E-state index contributed by atoms with van der Waals surface area (Å²) in [6, 6.07) is 8.59. The van der Waals surface area contributed by atoms with Crippen LogP contribution in [0.1, 0.15) is 53.0 Å². The SMILES string of the molecule is CCC1(C)C(Br)CC1Oc1ccc(C(C)(C)C)cc1. The second-order valence-corrected chi connectivity index (χ2v) is 8.05. The van der Waals surface area contributed by atoms with Crippen LogP contribution in [0.3, 0.4) is 0 Å². The molecule has 1 aliphatic rings. The molecule has 0 aromatic heterocycles. The topological polar surface area (TPSA) is 9.23 Å². The van der Waals surface area contributed by atoms with E-state index < -0.39 is 0 Å². The average Bonchev–Trinajstić information content (AvgIpc) is 2.37. The highest BCUT2D eigenvalue weighted by atomic mass is 79.9. The molecule has 0 radical (unpaired) electrons. The summed E-state index contributed by atoms with van der Waals surface area (Å²) in [5, 5.41) is 0. The third-order valence-corrected chi connectivity index (χ3v) is 6.05. The lowest BCUT2D eigenvalue weighted by Crippen LogP contribution is -2.54. The van der Waals surface area contributed by atoms with Crippen molar-refractivity contribution in [1.82, 2.24) is 0 Å². The molecule has 1 fully saturated rings. The van der Waals surface area contributed by atoms with Crippen LogP contribution in [0, 0.1) is 5.41 Å². The molecule has 0 aliphatic heterocycles. The second-order valence-electron chi connectivity index (χ2n) is 6.94. The molecule has 106 valence electrons. The molecule has 0 spiro atoms. The summed E-state index contributed by atoms with van der Waals surface area (Å²) in [7, 11) is 0. The molecule has 1 aliphatic carbocycles. The summed E-state index contributed by atoms with van der Waals surface area (Å²) < 4.78 is 6.16. The predicted molar refractivity (Wildman–Crippen MR) is 85.3 cm³/mol. The van der Waals surface area contributed by atoms with E-state index in [0.717, 1.165) is 18.6 Å². The first-order valence-corrected chi connectivity index (χ1v) is 8.10. The Kier molecular flexibility index (Phi) is 4.02. The molecule has 1 saturated carbocycles. The molecule has 0 amide bonds. The minimum atomic E-state index is 0.202. The zero-order valence-electron chi connectivity index (χ0n) is 12.7. The van der Waals surface area contributed by atoms with Gasteiger partial charge in [0.25, 0.3) is 0 Å². The maximum absolute atomic E-state index is 6.16. The van der Waals surface area contributed by atoms with E-state index >= 15 is 0 Å². The van der Waals surface area contributed by atoms with Gasteiger partial charge in [0.1, 0.15) is 11.9 Å². The molecule has 0 N–H and O–H groups in total. The van der Waals surface area contributed by atoms with Crippen LogP contribution >= 0.6 is 15.9 Å². The van der Waals surface area contributed by atoms with Crippen molar-refractivity contribution in [3.8, 4) is 5.75 Å². The first-order chi connectivity index (χ1) is 8.77. The quantitative estimate of drug-likeness (QED) is 0.684. The van der Waals surface area contributed by atoms with Gasteiger partial charge in [0.05, 0.1) is 0 Å². The lowest BCUT2D eigenvalue weighted by molar-refractivity contribution is -0.0243. The van der Waals surface area contributed by atoms with Gasteiger partial charge in [0.2, 0.25) is 0 Å². The van der Waals surface area contributed by atoms with E-state index in [1.54, 1.807) is 0 Å².